The van der Waals surface area contributed by atoms with E-state index in [4.69, 9.17) is 4.74 Å². The van der Waals surface area contributed by atoms with Crippen LogP contribution in [0.15, 0.2) is 64.2 Å². The number of nitrogens with zero attached hydrogens (tertiary/aromatic N) is 4. The van der Waals surface area contributed by atoms with Gasteiger partial charge in [0.1, 0.15) is 5.82 Å². The van der Waals surface area contributed by atoms with E-state index in [-0.39, 0.29) is 17.2 Å². The minimum absolute atomic E-state index is 0.187. The van der Waals surface area contributed by atoms with Crippen molar-refractivity contribution in [1.82, 2.24) is 14.0 Å². The number of piperazine rings is 1. The molecular weight excluding hydrogens is 504 g/mol. The van der Waals surface area contributed by atoms with E-state index in [1.807, 2.05) is 0 Å². The Labute approximate surface area is 235 Å². The molecular formula is C32H38N4O4. The van der Waals surface area contributed by atoms with Gasteiger partial charge in [0.2, 0.25) is 0 Å². The lowest BCUT2D eigenvalue weighted by molar-refractivity contribution is -0.140. The van der Waals surface area contributed by atoms with Crippen LogP contribution in [0.4, 0.5) is 5.82 Å². The smallest absolute Gasteiger partial charge is 0.332 e. The molecule has 1 saturated heterocycles. The van der Waals surface area contributed by atoms with E-state index >= 15 is 0 Å². The van der Waals surface area contributed by atoms with E-state index in [9.17, 15) is 14.4 Å². The second-order valence-electron chi connectivity index (χ2n) is 10.7. The number of fused-ring (bicyclic) bond motifs is 2. The summed E-state index contributed by atoms with van der Waals surface area (Å²) >= 11 is 0. The lowest BCUT2D eigenvalue weighted by atomic mass is 9.91. The quantitative estimate of drug-likeness (QED) is 0.428. The van der Waals surface area contributed by atoms with Crippen molar-refractivity contribution in [3.05, 3.63) is 103 Å². The van der Waals surface area contributed by atoms with Gasteiger partial charge in [-0.25, -0.2) is 4.79 Å². The number of aromatic nitrogens is 2. The van der Waals surface area contributed by atoms with E-state index < -0.39 is 0 Å². The predicted molar refractivity (Wildman–Crippen MR) is 158 cm³/mol. The van der Waals surface area contributed by atoms with Gasteiger partial charge in [-0.1, -0.05) is 48.5 Å². The molecule has 3 aromatic rings. The van der Waals surface area contributed by atoms with Crippen molar-refractivity contribution in [1.29, 1.82) is 0 Å². The van der Waals surface area contributed by atoms with Crippen LogP contribution < -0.4 is 16.1 Å². The highest BCUT2D eigenvalue weighted by Crippen LogP contribution is 2.34. The molecule has 0 radical (unpaired) electrons. The zero-order valence-electron chi connectivity index (χ0n) is 23.7. The van der Waals surface area contributed by atoms with Gasteiger partial charge in [0.05, 0.1) is 7.11 Å². The number of hydrogen-bond donors (Lipinski definition) is 0. The van der Waals surface area contributed by atoms with Crippen LogP contribution in [0.3, 0.4) is 0 Å². The summed E-state index contributed by atoms with van der Waals surface area (Å²) in [5, 5.41) is 0. The number of rotatable bonds is 7. The van der Waals surface area contributed by atoms with Crippen LogP contribution in [0.5, 0.6) is 0 Å². The molecule has 5 rings (SSSR count). The largest absolute Gasteiger partial charge is 0.469 e. The number of anilines is 1. The Balaban J connectivity index is 1.31. The van der Waals surface area contributed by atoms with Crippen LogP contribution in [0.25, 0.3) is 5.57 Å². The van der Waals surface area contributed by atoms with Gasteiger partial charge in [-0.05, 0) is 59.1 Å². The van der Waals surface area contributed by atoms with Crippen LogP contribution in [0.1, 0.15) is 40.7 Å². The minimum Gasteiger partial charge on any atom is -0.469 e. The number of aryl methyl sites for hydroxylation is 3. The van der Waals surface area contributed by atoms with E-state index in [1.54, 1.807) is 17.7 Å². The Kier molecular flexibility index (Phi) is 8.35. The molecule has 0 atom stereocenters. The summed E-state index contributed by atoms with van der Waals surface area (Å²) in [5.74, 6) is 0.498. The number of benzene rings is 2. The monoisotopic (exact) mass is 542 g/mol. The summed E-state index contributed by atoms with van der Waals surface area (Å²) in [6.45, 7) is 4.22. The van der Waals surface area contributed by atoms with Crippen molar-refractivity contribution in [2.24, 2.45) is 14.1 Å². The number of hydrogen-bond acceptors (Lipinski definition) is 6. The summed E-state index contributed by atoms with van der Waals surface area (Å²) in [5.41, 5.74) is 7.13. The molecule has 2 aliphatic rings. The Bertz CT molecular complexity index is 1540. The summed E-state index contributed by atoms with van der Waals surface area (Å²) < 4.78 is 7.54. The topological polar surface area (TPSA) is 76.8 Å². The molecule has 0 amide bonds. The maximum absolute atomic E-state index is 12.4. The Morgan fingerprint density at radius 3 is 2.38 bits per heavy atom. The molecule has 210 valence electrons. The van der Waals surface area contributed by atoms with Gasteiger partial charge in [-0.3, -0.25) is 23.6 Å². The SMILES string of the molecule is COC(=O)CCc1ccc2c(c1)C(=CCCN1CCN(c3cc(=O)n(C)c(=O)n3C)CC1)c1ccccc1CC2. The molecule has 0 unspecified atom stereocenters. The second kappa shape index (κ2) is 12.1. The fourth-order valence-corrected chi connectivity index (χ4v) is 5.85. The average Bonchev–Trinajstić information content (AvgIpc) is 3.13. The highest BCUT2D eigenvalue weighted by molar-refractivity contribution is 5.84. The van der Waals surface area contributed by atoms with Gasteiger partial charge in [0, 0.05) is 59.3 Å². The molecule has 0 spiro atoms. The van der Waals surface area contributed by atoms with Crippen molar-refractivity contribution in [2.75, 3.05) is 44.7 Å². The van der Waals surface area contributed by atoms with Crippen molar-refractivity contribution in [3.8, 4) is 0 Å². The van der Waals surface area contributed by atoms with Crippen molar-refractivity contribution >= 4 is 17.4 Å². The van der Waals surface area contributed by atoms with Gasteiger partial charge in [-0.2, -0.15) is 0 Å². The maximum Gasteiger partial charge on any atom is 0.332 e. The third kappa shape index (κ3) is 5.82. The van der Waals surface area contributed by atoms with Crippen molar-refractivity contribution in [2.45, 2.75) is 32.1 Å². The zero-order chi connectivity index (χ0) is 28.2. The summed E-state index contributed by atoms with van der Waals surface area (Å²) in [7, 11) is 4.66. The molecule has 1 fully saturated rings. The lowest BCUT2D eigenvalue weighted by Crippen LogP contribution is -2.49. The number of methoxy groups -OCH3 is 1. The Morgan fingerprint density at radius 1 is 0.900 bits per heavy atom. The number of esters is 1. The van der Waals surface area contributed by atoms with Crippen molar-refractivity contribution in [3.63, 3.8) is 0 Å². The first-order valence-corrected chi connectivity index (χ1v) is 14.1. The normalized spacial score (nSPS) is 16.4. The van der Waals surface area contributed by atoms with E-state index in [1.165, 1.54) is 42.0 Å². The van der Waals surface area contributed by atoms with Gasteiger partial charge in [0.25, 0.3) is 5.56 Å². The highest BCUT2D eigenvalue weighted by Gasteiger charge is 2.21. The summed E-state index contributed by atoms with van der Waals surface area (Å²) in [6, 6.07) is 16.9. The molecule has 40 heavy (non-hydrogen) atoms. The molecule has 0 saturated carbocycles. The van der Waals surface area contributed by atoms with Gasteiger partial charge in [0.15, 0.2) is 0 Å². The van der Waals surface area contributed by atoms with Gasteiger partial charge >= 0.3 is 11.7 Å². The molecule has 8 heteroatoms. The third-order valence-electron chi connectivity index (χ3n) is 8.27. The van der Waals surface area contributed by atoms with Gasteiger partial charge in [-0.15, -0.1) is 0 Å². The molecule has 8 nitrogen and oxygen atoms in total. The number of carbonyl (C=O) groups excluding carboxylic acids is 1. The Morgan fingerprint density at radius 2 is 1.62 bits per heavy atom. The zero-order valence-corrected chi connectivity index (χ0v) is 23.7. The van der Waals surface area contributed by atoms with Crippen LogP contribution >= 0.6 is 0 Å². The molecule has 1 aliphatic carbocycles. The van der Waals surface area contributed by atoms with Gasteiger partial charge < -0.3 is 9.64 Å². The first-order chi connectivity index (χ1) is 19.4. The van der Waals surface area contributed by atoms with E-state index in [2.05, 4.69) is 58.3 Å². The van der Waals surface area contributed by atoms with E-state index in [0.717, 1.165) is 62.1 Å². The molecule has 2 heterocycles. The molecule has 0 bridgehead atoms. The van der Waals surface area contributed by atoms with Crippen LogP contribution in [-0.2, 0) is 42.9 Å². The van der Waals surface area contributed by atoms with E-state index in [0.29, 0.717) is 18.7 Å². The van der Waals surface area contributed by atoms with Crippen LogP contribution in [-0.4, -0.2) is 59.8 Å². The predicted octanol–water partition coefficient (Wildman–Crippen LogP) is 2.93. The lowest BCUT2D eigenvalue weighted by Gasteiger charge is -2.36. The molecule has 1 aliphatic heterocycles. The third-order valence-corrected chi connectivity index (χ3v) is 8.27. The van der Waals surface area contributed by atoms with Crippen LogP contribution in [0, 0.1) is 0 Å². The fourth-order valence-electron chi connectivity index (χ4n) is 5.85. The molecule has 1 aromatic heterocycles. The van der Waals surface area contributed by atoms with Crippen molar-refractivity contribution < 1.29 is 9.53 Å². The standard InChI is InChI=1S/C32H38N4O4/c1-33-29(22-30(37)34(2)32(33)39)36-19-17-35(18-20-36)16-6-9-27-26-8-5-4-7-24(26)13-14-25-12-10-23(21-28(25)27)11-15-31(38)40-3/h4-5,7-10,12,21-22H,6,11,13-20H2,1-3H3. The molecule has 0 N–H and O–H groups in total. The first kappa shape index (κ1) is 27.6. The number of carbonyl (C=O) groups is 1. The Hall–Kier alpha value is -3.91. The molecule has 2 aromatic carbocycles. The average molecular weight is 543 g/mol. The summed E-state index contributed by atoms with van der Waals surface area (Å²) in [6.07, 6.45) is 6.34. The maximum atomic E-state index is 12.4. The van der Waals surface area contributed by atoms with Crippen LogP contribution in [0.2, 0.25) is 0 Å². The highest BCUT2D eigenvalue weighted by atomic mass is 16.5. The minimum atomic E-state index is -0.297. The second-order valence-corrected chi connectivity index (χ2v) is 10.7. The fraction of sp³-hybridized carbons (Fsp3) is 0.406. The number of ether oxygens (including phenoxy) is 1. The summed E-state index contributed by atoms with van der Waals surface area (Å²) in [4.78, 5) is 40.9. The first-order valence-electron chi connectivity index (χ1n) is 14.1.